The molecule has 1 aromatic carbocycles. The number of thiazole rings is 1. The molecule has 0 radical (unpaired) electrons. The Bertz CT molecular complexity index is 643. The molecule has 2 unspecified atom stereocenters. The number of hydrogen-bond donors (Lipinski definition) is 1. The zero-order valence-electron chi connectivity index (χ0n) is 10.8. The molecular weight excluding hydrogens is 278 g/mol. The molecule has 1 saturated carbocycles. The number of benzene rings is 1. The molecular formula is C13H15N3O3S. The molecule has 2 atom stereocenters. The molecule has 7 heteroatoms. The Morgan fingerprint density at radius 1 is 1.50 bits per heavy atom. The monoisotopic (exact) mass is 293 g/mol. The van der Waals surface area contributed by atoms with Gasteiger partial charge < -0.3 is 10.5 Å². The van der Waals surface area contributed by atoms with E-state index in [0.717, 1.165) is 24.0 Å². The molecule has 1 aliphatic rings. The summed E-state index contributed by atoms with van der Waals surface area (Å²) in [6, 6.07) is 3.49. The molecule has 1 aliphatic carbocycles. The van der Waals surface area contributed by atoms with Crippen molar-refractivity contribution < 1.29 is 9.66 Å². The van der Waals surface area contributed by atoms with Crippen LogP contribution in [0.5, 0.6) is 5.75 Å². The predicted molar refractivity (Wildman–Crippen MR) is 77.1 cm³/mol. The third kappa shape index (κ3) is 2.23. The average molecular weight is 293 g/mol. The zero-order chi connectivity index (χ0) is 14.1. The summed E-state index contributed by atoms with van der Waals surface area (Å²) in [4.78, 5) is 15.0. The standard InChI is InChI=1S/C13H15N3O3S/c14-6-8-2-1-3-9(8)19-10-4-5-11-12(15-7-20-11)13(10)16(17)18/h4-5,7-9H,1-3,6,14H2. The average Bonchev–Trinajstić information content (AvgIpc) is 3.06. The Morgan fingerprint density at radius 2 is 2.35 bits per heavy atom. The first-order valence-corrected chi connectivity index (χ1v) is 7.46. The second kappa shape index (κ2) is 5.34. The normalized spacial score (nSPS) is 22.2. The van der Waals surface area contributed by atoms with Gasteiger partial charge in [0.25, 0.3) is 0 Å². The van der Waals surface area contributed by atoms with Crippen LogP contribution >= 0.6 is 11.3 Å². The Morgan fingerprint density at radius 3 is 3.10 bits per heavy atom. The maximum absolute atomic E-state index is 11.3. The lowest BCUT2D eigenvalue weighted by molar-refractivity contribution is -0.384. The van der Waals surface area contributed by atoms with Crippen LogP contribution in [0, 0.1) is 16.0 Å². The number of nitro groups is 1. The van der Waals surface area contributed by atoms with E-state index in [9.17, 15) is 10.1 Å². The van der Waals surface area contributed by atoms with E-state index in [1.165, 1.54) is 11.3 Å². The Kier molecular flexibility index (Phi) is 3.54. The highest BCUT2D eigenvalue weighted by atomic mass is 32.1. The van der Waals surface area contributed by atoms with Crippen LogP contribution in [0.1, 0.15) is 19.3 Å². The maximum Gasteiger partial charge on any atom is 0.337 e. The van der Waals surface area contributed by atoms with Gasteiger partial charge in [-0.15, -0.1) is 11.3 Å². The predicted octanol–water partition coefficient (Wildman–Crippen LogP) is 2.71. The minimum Gasteiger partial charge on any atom is -0.483 e. The van der Waals surface area contributed by atoms with Crippen molar-refractivity contribution in [2.24, 2.45) is 11.7 Å². The van der Waals surface area contributed by atoms with Crippen LogP contribution in [0.15, 0.2) is 17.6 Å². The molecule has 1 aromatic heterocycles. The number of fused-ring (bicyclic) bond motifs is 1. The van der Waals surface area contributed by atoms with Gasteiger partial charge in [-0.05, 0) is 37.9 Å². The second-order valence-corrected chi connectivity index (χ2v) is 5.84. The van der Waals surface area contributed by atoms with Gasteiger partial charge in [0.2, 0.25) is 0 Å². The second-order valence-electron chi connectivity index (χ2n) is 4.95. The van der Waals surface area contributed by atoms with Crippen LogP contribution in [-0.4, -0.2) is 22.6 Å². The maximum atomic E-state index is 11.3. The molecule has 2 N–H and O–H groups in total. The van der Waals surface area contributed by atoms with Crippen molar-refractivity contribution in [1.82, 2.24) is 4.98 Å². The van der Waals surface area contributed by atoms with Crippen molar-refractivity contribution in [2.45, 2.75) is 25.4 Å². The minimum atomic E-state index is -0.413. The van der Waals surface area contributed by atoms with Gasteiger partial charge in [0, 0.05) is 5.92 Å². The van der Waals surface area contributed by atoms with E-state index in [1.807, 2.05) is 6.07 Å². The molecule has 0 spiro atoms. The van der Waals surface area contributed by atoms with Gasteiger partial charge in [-0.1, -0.05) is 0 Å². The molecule has 0 amide bonds. The number of nitrogens with zero attached hydrogens (tertiary/aromatic N) is 2. The molecule has 2 aromatic rings. The van der Waals surface area contributed by atoms with Crippen LogP contribution < -0.4 is 10.5 Å². The number of ether oxygens (including phenoxy) is 1. The highest BCUT2D eigenvalue weighted by Crippen LogP contribution is 2.38. The molecule has 20 heavy (non-hydrogen) atoms. The van der Waals surface area contributed by atoms with E-state index in [2.05, 4.69) is 4.98 Å². The van der Waals surface area contributed by atoms with Gasteiger partial charge in [-0.3, -0.25) is 10.1 Å². The Labute approximate surface area is 119 Å². The van der Waals surface area contributed by atoms with Gasteiger partial charge in [-0.2, -0.15) is 0 Å². The van der Waals surface area contributed by atoms with Crippen molar-refractivity contribution in [2.75, 3.05) is 6.54 Å². The van der Waals surface area contributed by atoms with Crippen LogP contribution in [0.2, 0.25) is 0 Å². The lowest BCUT2D eigenvalue weighted by Crippen LogP contribution is -2.27. The van der Waals surface area contributed by atoms with Crippen LogP contribution in [0.25, 0.3) is 10.2 Å². The summed E-state index contributed by atoms with van der Waals surface area (Å²) in [6.45, 7) is 0.553. The molecule has 0 saturated heterocycles. The van der Waals surface area contributed by atoms with Crippen molar-refractivity contribution in [3.05, 3.63) is 27.8 Å². The summed E-state index contributed by atoms with van der Waals surface area (Å²) in [5, 5.41) is 11.3. The molecule has 0 bridgehead atoms. The van der Waals surface area contributed by atoms with Gasteiger partial charge >= 0.3 is 5.69 Å². The summed E-state index contributed by atoms with van der Waals surface area (Å²) in [5.41, 5.74) is 7.70. The fourth-order valence-electron chi connectivity index (χ4n) is 2.76. The van der Waals surface area contributed by atoms with Crippen LogP contribution in [-0.2, 0) is 0 Å². The molecule has 0 aliphatic heterocycles. The third-order valence-corrected chi connectivity index (χ3v) is 4.59. The van der Waals surface area contributed by atoms with E-state index in [0.29, 0.717) is 17.8 Å². The molecule has 6 nitrogen and oxygen atoms in total. The summed E-state index contributed by atoms with van der Waals surface area (Å²) >= 11 is 1.38. The molecule has 3 rings (SSSR count). The van der Waals surface area contributed by atoms with E-state index >= 15 is 0 Å². The number of aromatic nitrogens is 1. The third-order valence-electron chi connectivity index (χ3n) is 3.79. The fraction of sp³-hybridized carbons (Fsp3) is 0.462. The van der Waals surface area contributed by atoms with Gasteiger partial charge in [0.15, 0.2) is 11.3 Å². The number of hydrogen-bond acceptors (Lipinski definition) is 6. The highest BCUT2D eigenvalue weighted by molar-refractivity contribution is 7.16. The van der Waals surface area contributed by atoms with Crippen molar-refractivity contribution in [1.29, 1.82) is 0 Å². The largest absolute Gasteiger partial charge is 0.483 e. The van der Waals surface area contributed by atoms with E-state index in [4.69, 9.17) is 10.5 Å². The Balaban J connectivity index is 1.98. The first kappa shape index (κ1) is 13.3. The lowest BCUT2D eigenvalue weighted by Gasteiger charge is -2.19. The number of nitrogens with two attached hydrogens (primary N) is 1. The topological polar surface area (TPSA) is 91.3 Å². The molecule has 1 heterocycles. The summed E-state index contributed by atoms with van der Waals surface area (Å²) in [7, 11) is 0. The van der Waals surface area contributed by atoms with Crippen molar-refractivity contribution >= 4 is 27.2 Å². The van der Waals surface area contributed by atoms with Crippen molar-refractivity contribution in [3.63, 3.8) is 0 Å². The number of nitro benzene ring substituents is 1. The van der Waals surface area contributed by atoms with E-state index in [-0.39, 0.29) is 17.7 Å². The van der Waals surface area contributed by atoms with E-state index in [1.54, 1.807) is 11.6 Å². The quantitative estimate of drug-likeness (QED) is 0.691. The van der Waals surface area contributed by atoms with Crippen molar-refractivity contribution in [3.8, 4) is 5.75 Å². The smallest absolute Gasteiger partial charge is 0.337 e. The summed E-state index contributed by atoms with van der Waals surface area (Å²) in [5.74, 6) is 0.583. The first-order chi connectivity index (χ1) is 9.70. The van der Waals surface area contributed by atoms with Gasteiger partial charge in [-0.25, -0.2) is 4.98 Å². The first-order valence-electron chi connectivity index (χ1n) is 6.58. The van der Waals surface area contributed by atoms with Gasteiger partial charge in [0.05, 0.1) is 15.1 Å². The Hall–Kier alpha value is -1.73. The van der Waals surface area contributed by atoms with Gasteiger partial charge in [0.1, 0.15) is 6.10 Å². The number of rotatable bonds is 4. The SMILES string of the molecule is NCC1CCCC1Oc1ccc2scnc2c1[N+](=O)[O-]. The fourth-order valence-corrected chi connectivity index (χ4v) is 3.44. The summed E-state index contributed by atoms with van der Waals surface area (Å²) in [6.07, 6.45) is 2.94. The minimum absolute atomic E-state index is 0.0326. The molecule has 1 fully saturated rings. The highest BCUT2D eigenvalue weighted by Gasteiger charge is 2.31. The molecule has 106 valence electrons. The van der Waals surface area contributed by atoms with Crippen LogP contribution in [0.4, 0.5) is 5.69 Å². The zero-order valence-corrected chi connectivity index (χ0v) is 11.6. The van der Waals surface area contributed by atoms with Crippen LogP contribution in [0.3, 0.4) is 0 Å². The lowest BCUT2D eigenvalue weighted by atomic mass is 10.1. The summed E-state index contributed by atoms with van der Waals surface area (Å²) < 4.78 is 6.69. The van der Waals surface area contributed by atoms with E-state index < -0.39 is 4.92 Å².